The van der Waals surface area contributed by atoms with E-state index in [4.69, 9.17) is 9.47 Å². The van der Waals surface area contributed by atoms with Gasteiger partial charge in [0.05, 0.1) is 19.3 Å². The minimum absolute atomic E-state index is 0.128. The molecule has 24 heavy (non-hydrogen) atoms. The van der Waals surface area contributed by atoms with Gasteiger partial charge in [0.2, 0.25) is 0 Å². The molecule has 8 nitrogen and oxygen atoms in total. The van der Waals surface area contributed by atoms with Crippen molar-refractivity contribution in [2.75, 3.05) is 57.9 Å². The molecule has 1 aromatic heterocycles. The number of amides is 1. The molecule has 2 aliphatic rings. The average Bonchev–Trinajstić information content (AvgIpc) is 3.15. The number of carbonyl (C=O) groups excluding carboxylic acids is 1. The second-order valence-electron chi connectivity index (χ2n) is 6.03. The minimum atomic E-state index is -0.210. The third kappa shape index (κ3) is 5.12. The molecule has 0 bridgehead atoms. The zero-order valence-electron chi connectivity index (χ0n) is 13.9. The van der Waals surface area contributed by atoms with Crippen LogP contribution in [0.15, 0.2) is 12.1 Å². The molecule has 1 aromatic rings. The molecule has 0 aliphatic carbocycles. The van der Waals surface area contributed by atoms with Crippen molar-refractivity contribution in [1.29, 1.82) is 0 Å². The lowest BCUT2D eigenvalue weighted by Crippen LogP contribution is -2.39. The number of anilines is 1. The van der Waals surface area contributed by atoms with Gasteiger partial charge < -0.3 is 20.1 Å². The van der Waals surface area contributed by atoms with E-state index in [0.29, 0.717) is 18.1 Å². The number of hydrogen-bond acceptors (Lipinski definition) is 7. The molecular formula is C16H25N5O3. The number of aromatic nitrogens is 2. The first-order valence-electron chi connectivity index (χ1n) is 8.59. The first-order chi connectivity index (χ1) is 11.8. The lowest BCUT2D eigenvalue weighted by Gasteiger charge is -2.26. The van der Waals surface area contributed by atoms with Crippen LogP contribution in [0.4, 0.5) is 5.82 Å². The smallest absolute Gasteiger partial charge is 0.271 e. The molecule has 2 aliphatic heterocycles. The van der Waals surface area contributed by atoms with Gasteiger partial charge in [0.25, 0.3) is 5.91 Å². The van der Waals surface area contributed by atoms with Crippen LogP contribution < -0.4 is 10.6 Å². The summed E-state index contributed by atoms with van der Waals surface area (Å²) in [5, 5.41) is 14.1. The van der Waals surface area contributed by atoms with Crippen molar-refractivity contribution in [2.45, 2.75) is 18.9 Å². The number of rotatable bonds is 7. The highest BCUT2D eigenvalue weighted by molar-refractivity contribution is 5.92. The Hall–Kier alpha value is -1.77. The standard InChI is InChI=1S/C16H25N5O3/c22-16(18-12-13-2-1-9-24-13)14-3-4-15(20-19-14)17-5-6-21-7-10-23-11-8-21/h3-4,13H,1-2,5-12H2,(H,17,20)(H,18,22). The Labute approximate surface area is 141 Å². The van der Waals surface area contributed by atoms with Gasteiger partial charge in [-0.1, -0.05) is 0 Å². The van der Waals surface area contributed by atoms with E-state index in [2.05, 4.69) is 25.7 Å². The van der Waals surface area contributed by atoms with Gasteiger partial charge >= 0.3 is 0 Å². The van der Waals surface area contributed by atoms with Crippen LogP contribution in [0.1, 0.15) is 23.3 Å². The fourth-order valence-electron chi connectivity index (χ4n) is 2.82. The van der Waals surface area contributed by atoms with Crippen molar-refractivity contribution in [2.24, 2.45) is 0 Å². The van der Waals surface area contributed by atoms with Gasteiger partial charge in [-0.05, 0) is 25.0 Å². The molecule has 3 rings (SSSR count). The first kappa shape index (κ1) is 17.1. The van der Waals surface area contributed by atoms with Gasteiger partial charge in [-0.25, -0.2) is 0 Å². The van der Waals surface area contributed by atoms with Crippen molar-refractivity contribution in [3.8, 4) is 0 Å². The summed E-state index contributed by atoms with van der Waals surface area (Å²) in [5.74, 6) is 0.469. The fourth-order valence-corrected chi connectivity index (χ4v) is 2.82. The maximum Gasteiger partial charge on any atom is 0.271 e. The molecule has 0 saturated carbocycles. The van der Waals surface area contributed by atoms with Crippen molar-refractivity contribution in [3.63, 3.8) is 0 Å². The Bertz CT molecular complexity index is 513. The van der Waals surface area contributed by atoms with E-state index in [1.54, 1.807) is 12.1 Å². The van der Waals surface area contributed by atoms with Crippen LogP contribution in [0.5, 0.6) is 0 Å². The molecule has 2 fully saturated rings. The van der Waals surface area contributed by atoms with Crippen molar-refractivity contribution < 1.29 is 14.3 Å². The summed E-state index contributed by atoms with van der Waals surface area (Å²) in [6.45, 7) is 6.58. The third-order valence-corrected chi connectivity index (χ3v) is 4.25. The Morgan fingerprint density at radius 3 is 2.83 bits per heavy atom. The summed E-state index contributed by atoms with van der Waals surface area (Å²) in [6.07, 6.45) is 2.19. The molecule has 132 valence electrons. The van der Waals surface area contributed by atoms with Crippen molar-refractivity contribution in [3.05, 3.63) is 17.8 Å². The SMILES string of the molecule is O=C(NCC1CCCO1)c1ccc(NCCN2CCOCC2)nn1. The van der Waals surface area contributed by atoms with E-state index in [1.807, 2.05) is 0 Å². The Morgan fingerprint density at radius 2 is 2.12 bits per heavy atom. The van der Waals surface area contributed by atoms with E-state index < -0.39 is 0 Å². The van der Waals surface area contributed by atoms with Crippen LogP contribution in [-0.4, -0.2) is 79.7 Å². The summed E-state index contributed by atoms with van der Waals surface area (Å²) in [5.41, 5.74) is 0.326. The van der Waals surface area contributed by atoms with Gasteiger partial charge in [0.15, 0.2) is 5.69 Å². The number of carbonyl (C=O) groups is 1. The minimum Gasteiger partial charge on any atom is -0.379 e. The number of morpholine rings is 1. The number of hydrogen-bond donors (Lipinski definition) is 2. The third-order valence-electron chi connectivity index (χ3n) is 4.25. The van der Waals surface area contributed by atoms with E-state index in [0.717, 1.165) is 58.8 Å². The average molecular weight is 335 g/mol. The van der Waals surface area contributed by atoms with Crippen molar-refractivity contribution in [1.82, 2.24) is 20.4 Å². The molecule has 2 saturated heterocycles. The van der Waals surface area contributed by atoms with Gasteiger partial charge in [-0.3, -0.25) is 9.69 Å². The van der Waals surface area contributed by atoms with E-state index >= 15 is 0 Å². The Balaban J connectivity index is 1.38. The molecule has 0 spiro atoms. The van der Waals surface area contributed by atoms with Gasteiger partial charge in [-0.15, -0.1) is 10.2 Å². The number of ether oxygens (including phenoxy) is 2. The second kappa shape index (κ2) is 8.91. The van der Waals surface area contributed by atoms with Gasteiger partial charge in [-0.2, -0.15) is 0 Å². The molecule has 1 unspecified atom stereocenters. The summed E-state index contributed by atoms with van der Waals surface area (Å²) in [4.78, 5) is 14.4. The first-order valence-corrected chi connectivity index (χ1v) is 8.59. The van der Waals surface area contributed by atoms with Crippen LogP contribution in [0.2, 0.25) is 0 Å². The molecule has 0 radical (unpaired) electrons. The highest BCUT2D eigenvalue weighted by atomic mass is 16.5. The quantitative estimate of drug-likeness (QED) is 0.732. The van der Waals surface area contributed by atoms with E-state index in [9.17, 15) is 4.79 Å². The lowest BCUT2D eigenvalue weighted by atomic mass is 10.2. The zero-order valence-corrected chi connectivity index (χ0v) is 13.9. The van der Waals surface area contributed by atoms with E-state index in [1.165, 1.54) is 0 Å². The summed E-state index contributed by atoms with van der Waals surface area (Å²) in [6, 6.07) is 3.47. The molecule has 1 amide bonds. The normalized spacial score (nSPS) is 21.6. The Morgan fingerprint density at radius 1 is 1.25 bits per heavy atom. The van der Waals surface area contributed by atoms with Crippen LogP contribution in [0.25, 0.3) is 0 Å². The zero-order chi connectivity index (χ0) is 16.6. The van der Waals surface area contributed by atoms with Crippen LogP contribution in [-0.2, 0) is 9.47 Å². The predicted molar refractivity (Wildman–Crippen MR) is 89.1 cm³/mol. The molecule has 8 heteroatoms. The monoisotopic (exact) mass is 335 g/mol. The number of nitrogens with zero attached hydrogens (tertiary/aromatic N) is 3. The van der Waals surface area contributed by atoms with Gasteiger partial charge in [0.1, 0.15) is 5.82 Å². The van der Waals surface area contributed by atoms with Gasteiger partial charge in [0, 0.05) is 39.3 Å². The maximum atomic E-state index is 12.0. The highest BCUT2D eigenvalue weighted by Crippen LogP contribution is 2.10. The van der Waals surface area contributed by atoms with Crippen LogP contribution in [0, 0.1) is 0 Å². The van der Waals surface area contributed by atoms with E-state index in [-0.39, 0.29) is 12.0 Å². The number of nitrogens with one attached hydrogen (secondary N) is 2. The van der Waals surface area contributed by atoms with Crippen LogP contribution >= 0.6 is 0 Å². The summed E-state index contributed by atoms with van der Waals surface area (Å²) < 4.78 is 10.8. The Kier molecular flexibility index (Phi) is 6.33. The second-order valence-corrected chi connectivity index (χ2v) is 6.03. The molecule has 0 aromatic carbocycles. The topological polar surface area (TPSA) is 88.6 Å². The van der Waals surface area contributed by atoms with Crippen LogP contribution in [0.3, 0.4) is 0 Å². The summed E-state index contributed by atoms with van der Waals surface area (Å²) in [7, 11) is 0. The largest absolute Gasteiger partial charge is 0.379 e. The predicted octanol–water partition coefficient (Wildman–Crippen LogP) is 0.130. The molecular weight excluding hydrogens is 310 g/mol. The maximum absolute atomic E-state index is 12.0. The lowest BCUT2D eigenvalue weighted by molar-refractivity contribution is 0.0398. The molecule has 1 atom stereocenters. The highest BCUT2D eigenvalue weighted by Gasteiger charge is 2.17. The van der Waals surface area contributed by atoms with Crippen molar-refractivity contribution >= 4 is 11.7 Å². The fraction of sp³-hybridized carbons (Fsp3) is 0.688. The summed E-state index contributed by atoms with van der Waals surface area (Å²) >= 11 is 0. The molecule has 3 heterocycles. The molecule has 2 N–H and O–H groups in total.